The SMILES string of the molecule is S=CNCCCl. The smallest absolute Gasteiger partial charge is 0.0615 e. The highest BCUT2D eigenvalue weighted by molar-refractivity contribution is 7.78. The van der Waals surface area contributed by atoms with Crippen molar-refractivity contribution in [3.05, 3.63) is 0 Å². The van der Waals surface area contributed by atoms with Gasteiger partial charge in [0.1, 0.15) is 0 Å². The Morgan fingerprint density at radius 3 is 2.67 bits per heavy atom. The molecule has 0 radical (unpaired) electrons. The van der Waals surface area contributed by atoms with Crippen LogP contribution in [-0.2, 0) is 0 Å². The number of nitrogens with one attached hydrogen (secondary N) is 1. The number of hydrogen-bond donors (Lipinski definition) is 1. The Bertz CT molecular complexity index is 39.8. The molecule has 0 fully saturated rings. The zero-order valence-corrected chi connectivity index (χ0v) is 4.85. The molecule has 0 aliphatic rings. The van der Waals surface area contributed by atoms with Crippen LogP contribution in [0.3, 0.4) is 0 Å². The maximum absolute atomic E-state index is 5.25. The first-order valence-corrected chi connectivity index (χ1v) is 2.65. The van der Waals surface area contributed by atoms with Gasteiger partial charge in [0.25, 0.3) is 0 Å². The van der Waals surface area contributed by atoms with Crippen molar-refractivity contribution in [2.24, 2.45) is 0 Å². The monoisotopic (exact) mass is 123 g/mol. The van der Waals surface area contributed by atoms with Gasteiger partial charge in [0, 0.05) is 12.4 Å². The molecule has 0 amide bonds. The molecule has 0 saturated carbocycles. The summed E-state index contributed by atoms with van der Waals surface area (Å²) in [5, 5.41) is 2.76. The number of hydrogen-bond acceptors (Lipinski definition) is 1. The molecule has 0 spiro atoms. The molecule has 1 nitrogen and oxygen atoms in total. The molecule has 0 unspecified atom stereocenters. The molecular weight excluding hydrogens is 118 g/mol. The van der Waals surface area contributed by atoms with E-state index in [0.29, 0.717) is 5.88 Å². The second kappa shape index (κ2) is 5.18. The summed E-state index contributed by atoms with van der Waals surface area (Å²) in [6.07, 6.45) is 0. The van der Waals surface area contributed by atoms with Gasteiger partial charge in [-0.3, -0.25) is 0 Å². The molecule has 0 aliphatic heterocycles. The minimum Gasteiger partial charge on any atom is -0.381 e. The zero-order valence-electron chi connectivity index (χ0n) is 3.28. The molecule has 0 aromatic carbocycles. The Hall–Kier alpha value is 0.180. The van der Waals surface area contributed by atoms with E-state index in [0.717, 1.165) is 6.54 Å². The van der Waals surface area contributed by atoms with Crippen molar-refractivity contribution in [1.29, 1.82) is 0 Å². The highest BCUT2D eigenvalue weighted by Gasteiger charge is 1.69. The average Bonchev–Trinajstić information content (AvgIpc) is 1.61. The van der Waals surface area contributed by atoms with Gasteiger partial charge in [-0.05, 0) is 0 Å². The van der Waals surface area contributed by atoms with Crippen LogP contribution in [0.1, 0.15) is 0 Å². The second-order valence-electron chi connectivity index (χ2n) is 0.761. The third-order valence-electron chi connectivity index (χ3n) is 0.322. The Kier molecular flexibility index (Phi) is 5.34. The topological polar surface area (TPSA) is 12.0 Å². The number of alkyl halides is 1. The fourth-order valence-electron chi connectivity index (χ4n) is 0.113. The summed E-state index contributed by atoms with van der Waals surface area (Å²) in [6, 6.07) is 0. The average molecular weight is 124 g/mol. The summed E-state index contributed by atoms with van der Waals surface area (Å²) in [4.78, 5) is 0. The van der Waals surface area contributed by atoms with Crippen LogP contribution in [0, 0.1) is 0 Å². The van der Waals surface area contributed by atoms with E-state index >= 15 is 0 Å². The van der Waals surface area contributed by atoms with E-state index in [1.54, 1.807) is 0 Å². The summed E-state index contributed by atoms with van der Waals surface area (Å²) in [5.41, 5.74) is 1.46. The quantitative estimate of drug-likeness (QED) is 0.338. The minimum atomic E-state index is 0.618. The predicted octanol–water partition coefficient (Wildman–Crippen LogP) is 0.772. The van der Waals surface area contributed by atoms with Crippen LogP contribution < -0.4 is 5.32 Å². The van der Waals surface area contributed by atoms with Crippen molar-refractivity contribution in [2.45, 2.75) is 0 Å². The van der Waals surface area contributed by atoms with Crippen LogP contribution >= 0.6 is 23.8 Å². The van der Waals surface area contributed by atoms with E-state index in [2.05, 4.69) is 17.5 Å². The van der Waals surface area contributed by atoms with E-state index in [4.69, 9.17) is 11.6 Å². The van der Waals surface area contributed by atoms with E-state index in [1.165, 1.54) is 5.49 Å². The van der Waals surface area contributed by atoms with Crippen LogP contribution in [0.15, 0.2) is 0 Å². The molecular formula is C3H6ClNS. The third-order valence-corrected chi connectivity index (χ3v) is 0.678. The largest absolute Gasteiger partial charge is 0.381 e. The summed E-state index contributed by atoms with van der Waals surface area (Å²) < 4.78 is 0. The van der Waals surface area contributed by atoms with Gasteiger partial charge in [0.2, 0.25) is 0 Å². The normalized spacial score (nSPS) is 7.50. The van der Waals surface area contributed by atoms with E-state index in [1.807, 2.05) is 0 Å². The first-order valence-electron chi connectivity index (χ1n) is 1.65. The lowest BCUT2D eigenvalue weighted by molar-refractivity contribution is 1.01. The van der Waals surface area contributed by atoms with Crippen molar-refractivity contribution in [1.82, 2.24) is 5.32 Å². The van der Waals surface area contributed by atoms with Crippen molar-refractivity contribution in [3.8, 4) is 0 Å². The van der Waals surface area contributed by atoms with Gasteiger partial charge in [0.05, 0.1) is 5.49 Å². The summed E-state index contributed by atoms with van der Waals surface area (Å²) >= 11 is 9.67. The molecule has 0 aromatic rings. The van der Waals surface area contributed by atoms with Crippen LogP contribution in [-0.4, -0.2) is 17.9 Å². The van der Waals surface area contributed by atoms with Gasteiger partial charge in [-0.15, -0.1) is 11.6 Å². The summed E-state index contributed by atoms with van der Waals surface area (Å²) in [6.45, 7) is 0.769. The molecule has 0 rings (SSSR count). The second-order valence-corrected chi connectivity index (χ2v) is 1.37. The van der Waals surface area contributed by atoms with E-state index in [-0.39, 0.29) is 0 Å². The Balaban J connectivity index is 2.49. The fourth-order valence-corrected chi connectivity index (χ4v) is 0.340. The lowest BCUT2D eigenvalue weighted by atomic mass is 10.8. The Morgan fingerprint density at radius 1 is 1.83 bits per heavy atom. The molecule has 3 heteroatoms. The highest BCUT2D eigenvalue weighted by atomic mass is 35.5. The zero-order chi connectivity index (χ0) is 4.83. The van der Waals surface area contributed by atoms with Gasteiger partial charge in [0.15, 0.2) is 0 Å². The van der Waals surface area contributed by atoms with Crippen molar-refractivity contribution in [2.75, 3.05) is 12.4 Å². The summed E-state index contributed by atoms with van der Waals surface area (Å²) in [5.74, 6) is 0.618. The lowest BCUT2D eigenvalue weighted by Crippen LogP contribution is -2.11. The molecule has 6 heavy (non-hydrogen) atoms. The first-order chi connectivity index (χ1) is 2.91. The van der Waals surface area contributed by atoms with E-state index < -0.39 is 0 Å². The van der Waals surface area contributed by atoms with Crippen LogP contribution in [0.2, 0.25) is 0 Å². The van der Waals surface area contributed by atoms with Gasteiger partial charge in [-0.1, -0.05) is 12.2 Å². The van der Waals surface area contributed by atoms with Crippen molar-refractivity contribution < 1.29 is 0 Å². The molecule has 0 saturated heterocycles. The predicted molar refractivity (Wildman–Crippen MR) is 32.4 cm³/mol. The number of thiocarbonyl (C=S) groups is 1. The van der Waals surface area contributed by atoms with Crippen LogP contribution in [0.5, 0.6) is 0 Å². The van der Waals surface area contributed by atoms with Crippen molar-refractivity contribution in [3.63, 3.8) is 0 Å². The Labute approximate surface area is 47.7 Å². The third kappa shape index (κ3) is 4.18. The number of halogens is 1. The van der Waals surface area contributed by atoms with Crippen LogP contribution in [0.4, 0.5) is 0 Å². The molecule has 0 aromatic heterocycles. The summed E-state index contributed by atoms with van der Waals surface area (Å²) in [7, 11) is 0. The molecule has 0 bridgehead atoms. The van der Waals surface area contributed by atoms with Gasteiger partial charge < -0.3 is 5.32 Å². The molecule has 0 heterocycles. The minimum absolute atomic E-state index is 0.618. The molecule has 0 atom stereocenters. The standard InChI is InChI=1S/C3H6ClNS/c4-1-2-5-3-6/h3H,1-2H2,(H,5,6). The maximum Gasteiger partial charge on any atom is 0.0615 e. The van der Waals surface area contributed by atoms with Gasteiger partial charge >= 0.3 is 0 Å². The van der Waals surface area contributed by atoms with Gasteiger partial charge in [-0.25, -0.2) is 0 Å². The highest BCUT2D eigenvalue weighted by Crippen LogP contribution is 1.65. The fraction of sp³-hybridized carbons (Fsp3) is 0.667. The van der Waals surface area contributed by atoms with Gasteiger partial charge in [-0.2, -0.15) is 0 Å². The molecule has 36 valence electrons. The lowest BCUT2D eigenvalue weighted by Gasteiger charge is -1.86. The molecule has 1 N–H and O–H groups in total. The van der Waals surface area contributed by atoms with E-state index in [9.17, 15) is 0 Å². The molecule has 0 aliphatic carbocycles. The van der Waals surface area contributed by atoms with Crippen molar-refractivity contribution >= 4 is 29.3 Å². The maximum atomic E-state index is 5.25. The number of rotatable bonds is 3. The first kappa shape index (κ1) is 6.18. The Morgan fingerprint density at radius 2 is 2.50 bits per heavy atom. The van der Waals surface area contributed by atoms with Crippen LogP contribution in [0.25, 0.3) is 0 Å².